The number of tetrazole rings is 1. The first-order chi connectivity index (χ1) is 14.5. The van der Waals surface area contributed by atoms with E-state index in [9.17, 15) is 4.79 Å². The molecule has 0 spiro atoms. The molecule has 1 aliphatic heterocycles. The molecule has 2 N–H and O–H groups in total. The summed E-state index contributed by atoms with van der Waals surface area (Å²) in [5, 5.41) is 13.5. The van der Waals surface area contributed by atoms with E-state index < -0.39 is 0 Å². The van der Waals surface area contributed by atoms with Crippen LogP contribution in [0.4, 0.5) is 0 Å². The fourth-order valence-corrected chi connectivity index (χ4v) is 4.81. The van der Waals surface area contributed by atoms with E-state index >= 15 is 0 Å². The molecule has 1 fully saturated rings. The molecule has 0 bridgehead atoms. The number of aryl methyl sites for hydroxylation is 2. The maximum Gasteiger partial charge on any atom is 0.258 e. The highest BCUT2D eigenvalue weighted by Gasteiger charge is 2.36. The van der Waals surface area contributed by atoms with Crippen molar-refractivity contribution < 1.29 is 9.64 Å². The molecule has 0 amide bonds. The summed E-state index contributed by atoms with van der Waals surface area (Å²) in [6.45, 7) is 9.46. The monoisotopic (exact) mass is 411 g/mol. The third-order valence-corrected chi connectivity index (χ3v) is 6.17. The third kappa shape index (κ3) is 4.02. The van der Waals surface area contributed by atoms with E-state index in [2.05, 4.69) is 46.5 Å². The van der Waals surface area contributed by atoms with Crippen LogP contribution in [0.25, 0.3) is 10.9 Å². The molecule has 1 aliphatic rings. The Balaban J connectivity index is 1.87. The quantitative estimate of drug-likeness (QED) is 0.636. The van der Waals surface area contributed by atoms with Gasteiger partial charge < -0.3 is 14.6 Å². The van der Waals surface area contributed by atoms with Gasteiger partial charge >= 0.3 is 0 Å². The topological polar surface area (TPSA) is 90.1 Å². The van der Waals surface area contributed by atoms with E-state index in [1.165, 1.54) is 16.9 Å². The standard InChI is InChI=1S/C22H30N6O2/c1-14-6-5-7-27(13-14)20(21-24-25-26-28(21)8-9-30-4)18-12-17-11-15(2)10-16(3)19(17)23-22(18)29/h10-12,14,20H,5-9,13H2,1-4H3,(H,23,29)/p+1/t14-,20-/m0/s1. The van der Waals surface area contributed by atoms with Crippen molar-refractivity contribution in [3.8, 4) is 0 Å². The Morgan fingerprint density at radius 2 is 2.17 bits per heavy atom. The van der Waals surface area contributed by atoms with Crippen molar-refractivity contribution in [2.75, 3.05) is 26.8 Å². The molecule has 8 nitrogen and oxygen atoms in total. The number of hydrogen-bond donors (Lipinski definition) is 2. The Hall–Kier alpha value is -2.58. The van der Waals surface area contributed by atoms with Gasteiger partial charge in [0.25, 0.3) is 5.56 Å². The van der Waals surface area contributed by atoms with Gasteiger partial charge in [0.2, 0.25) is 5.82 Å². The van der Waals surface area contributed by atoms with Crippen LogP contribution in [0.3, 0.4) is 0 Å². The molecule has 0 radical (unpaired) electrons. The average molecular weight is 412 g/mol. The number of benzene rings is 1. The summed E-state index contributed by atoms with van der Waals surface area (Å²) in [7, 11) is 1.66. The Morgan fingerprint density at radius 3 is 2.93 bits per heavy atom. The number of methoxy groups -OCH3 is 1. The number of hydrogen-bond acceptors (Lipinski definition) is 5. The molecule has 1 saturated heterocycles. The summed E-state index contributed by atoms with van der Waals surface area (Å²) in [5.74, 6) is 1.33. The van der Waals surface area contributed by atoms with Crippen molar-refractivity contribution in [2.45, 2.75) is 46.2 Å². The molecule has 1 aromatic carbocycles. The minimum Gasteiger partial charge on any atom is -0.383 e. The highest BCUT2D eigenvalue weighted by molar-refractivity contribution is 5.83. The molecule has 4 rings (SSSR count). The van der Waals surface area contributed by atoms with E-state index in [-0.39, 0.29) is 11.6 Å². The van der Waals surface area contributed by atoms with Crippen LogP contribution < -0.4 is 10.5 Å². The van der Waals surface area contributed by atoms with Crippen LogP contribution in [0.15, 0.2) is 23.0 Å². The van der Waals surface area contributed by atoms with E-state index in [1.54, 1.807) is 11.8 Å². The lowest BCUT2D eigenvalue weighted by Crippen LogP contribution is -3.14. The number of H-pyrrole nitrogens is 1. The molecule has 0 saturated carbocycles. The normalized spacial score (nSPS) is 20.5. The summed E-state index contributed by atoms with van der Waals surface area (Å²) in [4.78, 5) is 17.8. The van der Waals surface area contributed by atoms with Crippen molar-refractivity contribution in [2.24, 2.45) is 5.92 Å². The minimum absolute atomic E-state index is 0.0635. The van der Waals surface area contributed by atoms with Crippen LogP contribution in [0.1, 0.15) is 48.3 Å². The van der Waals surface area contributed by atoms with Crippen molar-refractivity contribution in [1.29, 1.82) is 0 Å². The molecule has 160 valence electrons. The van der Waals surface area contributed by atoms with Crippen LogP contribution in [0.2, 0.25) is 0 Å². The van der Waals surface area contributed by atoms with Crippen molar-refractivity contribution in [1.82, 2.24) is 25.2 Å². The second kappa shape index (κ2) is 8.65. The molecule has 1 unspecified atom stereocenters. The number of likely N-dealkylation sites (tertiary alicyclic amines) is 1. The molecule has 2 aromatic heterocycles. The zero-order chi connectivity index (χ0) is 21.3. The fraction of sp³-hybridized carbons (Fsp3) is 0.545. The zero-order valence-corrected chi connectivity index (χ0v) is 18.2. The first kappa shape index (κ1) is 20.7. The van der Waals surface area contributed by atoms with E-state index in [1.807, 2.05) is 13.0 Å². The lowest BCUT2D eigenvalue weighted by molar-refractivity contribution is -0.934. The summed E-state index contributed by atoms with van der Waals surface area (Å²) in [6.07, 6.45) is 2.35. The van der Waals surface area contributed by atoms with Gasteiger partial charge in [-0.3, -0.25) is 4.79 Å². The number of ether oxygens (including phenoxy) is 1. The van der Waals surface area contributed by atoms with Crippen LogP contribution in [-0.4, -0.2) is 52.0 Å². The number of nitrogens with zero attached hydrogens (tertiary/aromatic N) is 4. The van der Waals surface area contributed by atoms with Gasteiger partial charge in [0.05, 0.1) is 37.3 Å². The number of fused-ring (bicyclic) bond motifs is 1. The molecule has 3 atom stereocenters. The Morgan fingerprint density at radius 1 is 1.33 bits per heavy atom. The van der Waals surface area contributed by atoms with Gasteiger partial charge in [-0.2, -0.15) is 0 Å². The lowest BCUT2D eigenvalue weighted by atomic mass is 9.95. The van der Waals surface area contributed by atoms with Crippen LogP contribution in [0.5, 0.6) is 0 Å². The van der Waals surface area contributed by atoms with Crippen LogP contribution in [0, 0.1) is 19.8 Å². The van der Waals surface area contributed by atoms with Gasteiger partial charge in [-0.1, -0.05) is 18.6 Å². The second-order valence-corrected chi connectivity index (χ2v) is 8.65. The Kier molecular flexibility index (Phi) is 5.97. The Labute approximate surface area is 176 Å². The number of piperidine rings is 1. The largest absolute Gasteiger partial charge is 0.383 e. The smallest absolute Gasteiger partial charge is 0.258 e. The van der Waals surface area contributed by atoms with Crippen molar-refractivity contribution >= 4 is 10.9 Å². The van der Waals surface area contributed by atoms with Crippen molar-refractivity contribution in [3.05, 3.63) is 51.1 Å². The molecule has 30 heavy (non-hydrogen) atoms. The summed E-state index contributed by atoms with van der Waals surface area (Å²) >= 11 is 0. The van der Waals surface area contributed by atoms with Crippen molar-refractivity contribution in [3.63, 3.8) is 0 Å². The highest BCUT2D eigenvalue weighted by Crippen LogP contribution is 2.22. The molecule has 3 aromatic rings. The molecule has 3 heterocycles. The third-order valence-electron chi connectivity index (χ3n) is 6.17. The summed E-state index contributed by atoms with van der Waals surface area (Å²) in [6, 6.07) is 6.05. The van der Waals surface area contributed by atoms with E-state index in [0.29, 0.717) is 19.1 Å². The fourth-order valence-electron chi connectivity index (χ4n) is 4.81. The van der Waals surface area contributed by atoms with Gasteiger partial charge in [-0.15, -0.1) is 5.10 Å². The number of quaternary nitrogens is 1. The van der Waals surface area contributed by atoms with Gasteiger partial charge in [0.1, 0.15) is 0 Å². The number of aromatic amines is 1. The molecular formula is C22H31N6O2+. The first-order valence-corrected chi connectivity index (χ1v) is 10.7. The van der Waals surface area contributed by atoms with E-state index in [4.69, 9.17) is 4.74 Å². The highest BCUT2D eigenvalue weighted by atomic mass is 16.5. The molecule has 0 aliphatic carbocycles. The lowest BCUT2D eigenvalue weighted by Gasteiger charge is -2.33. The SMILES string of the molecule is COCCn1nnnc1[C@H](c1cc2cc(C)cc(C)c2[nH]c1=O)[NH+]1CCC[C@H](C)C1. The maximum absolute atomic E-state index is 13.3. The molecule has 8 heteroatoms. The summed E-state index contributed by atoms with van der Waals surface area (Å²) < 4.78 is 7.02. The predicted molar refractivity (Wildman–Crippen MR) is 115 cm³/mol. The van der Waals surface area contributed by atoms with Gasteiger partial charge in [0, 0.05) is 13.0 Å². The predicted octanol–water partition coefficient (Wildman–Crippen LogP) is 1.18. The Bertz CT molecular complexity index is 1090. The van der Waals surface area contributed by atoms with Crippen LogP contribution >= 0.6 is 0 Å². The maximum atomic E-state index is 13.3. The number of nitrogens with one attached hydrogen (secondary N) is 2. The summed E-state index contributed by atoms with van der Waals surface area (Å²) in [5.41, 5.74) is 3.82. The van der Waals surface area contributed by atoms with E-state index in [0.717, 1.165) is 47.4 Å². The van der Waals surface area contributed by atoms with Gasteiger partial charge in [0.15, 0.2) is 6.04 Å². The zero-order valence-electron chi connectivity index (χ0n) is 18.2. The number of aromatic nitrogens is 5. The molecular weight excluding hydrogens is 380 g/mol. The van der Waals surface area contributed by atoms with Gasteiger partial charge in [-0.05, 0) is 60.2 Å². The number of pyridine rings is 1. The minimum atomic E-state index is -0.214. The second-order valence-electron chi connectivity index (χ2n) is 8.65. The van der Waals surface area contributed by atoms with Crippen LogP contribution in [-0.2, 0) is 11.3 Å². The first-order valence-electron chi connectivity index (χ1n) is 10.7. The van der Waals surface area contributed by atoms with Gasteiger partial charge in [-0.25, -0.2) is 4.68 Å². The number of rotatable bonds is 6. The average Bonchev–Trinajstić information content (AvgIpc) is 3.16.